The summed E-state index contributed by atoms with van der Waals surface area (Å²) in [5.41, 5.74) is 1.71. The molecule has 0 atom stereocenters. The fourth-order valence-corrected chi connectivity index (χ4v) is 3.00. The highest BCUT2D eigenvalue weighted by Gasteiger charge is 2.18. The van der Waals surface area contributed by atoms with Crippen LogP contribution in [0.1, 0.15) is 22.8 Å². The van der Waals surface area contributed by atoms with Crippen molar-refractivity contribution in [3.05, 3.63) is 64.6 Å². The largest absolute Gasteiger partial charge is 0.342 e. The van der Waals surface area contributed by atoms with Crippen molar-refractivity contribution in [1.82, 2.24) is 9.88 Å². The van der Waals surface area contributed by atoms with Gasteiger partial charge < -0.3 is 10.2 Å². The molecule has 1 aromatic heterocycles. The lowest BCUT2D eigenvalue weighted by Gasteiger charge is -2.18. The van der Waals surface area contributed by atoms with Gasteiger partial charge in [-0.05, 0) is 31.5 Å². The topological polar surface area (TPSA) is 45.2 Å². The summed E-state index contributed by atoms with van der Waals surface area (Å²) < 4.78 is 14.2. The number of carbonyl (C=O) groups is 1. The number of rotatable bonds is 4. The Bertz CT molecular complexity index is 990. The second-order valence-electron chi connectivity index (χ2n) is 6.06. The molecule has 0 fully saturated rings. The van der Waals surface area contributed by atoms with Crippen molar-refractivity contribution in [3.63, 3.8) is 0 Å². The van der Waals surface area contributed by atoms with Crippen LogP contribution in [-0.2, 0) is 0 Å². The van der Waals surface area contributed by atoms with Gasteiger partial charge in [0.1, 0.15) is 5.82 Å². The van der Waals surface area contributed by atoms with Gasteiger partial charge in [0.05, 0.1) is 16.3 Å². The first-order valence-corrected chi connectivity index (χ1v) is 8.66. The molecule has 0 unspecified atom stereocenters. The summed E-state index contributed by atoms with van der Waals surface area (Å²) in [5.74, 6) is -0.164. The summed E-state index contributed by atoms with van der Waals surface area (Å²) in [4.78, 5) is 18.7. The standard InChI is InChI=1S/C20H19ClFN3O/c1-4-25(3)20(26)14-11-23-19(13-8-5-7-12(2)17(13)14)24-16-10-6-9-15(21)18(16)22/h5-11H,4H2,1-3H3,(H,23,24). The highest BCUT2D eigenvalue weighted by molar-refractivity contribution is 6.31. The predicted molar refractivity (Wildman–Crippen MR) is 104 cm³/mol. The summed E-state index contributed by atoms with van der Waals surface area (Å²) in [6, 6.07) is 10.4. The molecule has 134 valence electrons. The van der Waals surface area contributed by atoms with Gasteiger partial charge in [0.25, 0.3) is 5.91 Å². The van der Waals surface area contributed by atoms with Crippen LogP contribution in [0.2, 0.25) is 5.02 Å². The second kappa shape index (κ2) is 7.30. The van der Waals surface area contributed by atoms with Crippen LogP contribution in [0, 0.1) is 12.7 Å². The minimum Gasteiger partial charge on any atom is -0.342 e. The Labute approximate surface area is 156 Å². The Balaban J connectivity index is 2.16. The normalized spacial score (nSPS) is 10.8. The number of pyridine rings is 1. The number of fused-ring (bicyclic) bond motifs is 1. The number of hydrogen-bond donors (Lipinski definition) is 1. The number of aromatic nitrogens is 1. The molecular formula is C20H19ClFN3O. The summed E-state index contributed by atoms with van der Waals surface area (Å²) in [7, 11) is 1.75. The first kappa shape index (κ1) is 18.1. The number of halogens is 2. The number of anilines is 2. The summed E-state index contributed by atoms with van der Waals surface area (Å²) in [6.07, 6.45) is 1.54. The quantitative estimate of drug-likeness (QED) is 0.688. The molecule has 0 aliphatic carbocycles. The SMILES string of the molecule is CCN(C)C(=O)c1cnc(Nc2cccc(Cl)c2F)c2cccc(C)c12. The lowest BCUT2D eigenvalue weighted by Crippen LogP contribution is -2.26. The Kier molecular flexibility index (Phi) is 5.09. The zero-order valence-corrected chi connectivity index (χ0v) is 15.6. The van der Waals surface area contributed by atoms with Crippen LogP contribution in [-0.4, -0.2) is 29.4 Å². The second-order valence-corrected chi connectivity index (χ2v) is 6.47. The van der Waals surface area contributed by atoms with Gasteiger partial charge in [0.2, 0.25) is 0 Å². The van der Waals surface area contributed by atoms with Gasteiger partial charge in [-0.2, -0.15) is 0 Å². The van der Waals surface area contributed by atoms with E-state index < -0.39 is 5.82 Å². The minimum absolute atomic E-state index is 0.0341. The van der Waals surface area contributed by atoms with Crippen molar-refractivity contribution in [3.8, 4) is 0 Å². The van der Waals surface area contributed by atoms with E-state index >= 15 is 0 Å². The molecule has 26 heavy (non-hydrogen) atoms. The van der Waals surface area contributed by atoms with Crippen molar-refractivity contribution in [2.24, 2.45) is 0 Å². The molecule has 1 amide bonds. The van der Waals surface area contributed by atoms with Crippen LogP contribution in [0.4, 0.5) is 15.9 Å². The van der Waals surface area contributed by atoms with Crippen LogP contribution >= 0.6 is 11.6 Å². The Hall–Kier alpha value is -2.66. The van der Waals surface area contributed by atoms with Gasteiger partial charge in [-0.1, -0.05) is 35.9 Å². The van der Waals surface area contributed by atoms with Crippen LogP contribution in [0.5, 0.6) is 0 Å². The smallest absolute Gasteiger partial charge is 0.255 e. The molecular weight excluding hydrogens is 353 g/mol. The van der Waals surface area contributed by atoms with E-state index in [0.29, 0.717) is 17.9 Å². The van der Waals surface area contributed by atoms with Crippen molar-refractivity contribution in [1.29, 1.82) is 0 Å². The molecule has 1 N–H and O–H groups in total. The van der Waals surface area contributed by atoms with Crippen LogP contribution < -0.4 is 5.32 Å². The van der Waals surface area contributed by atoms with Gasteiger partial charge in [-0.25, -0.2) is 9.37 Å². The third-order valence-electron chi connectivity index (χ3n) is 4.38. The molecule has 0 saturated carbocycles. The molecule has 0 aliphatic heterocycles. The highest BCUT2D eigenvalue weighted by atomic mass is 35.5. The highest BCUT2D eigenvalue weighted by Crippen LogP contribution is 2.31. The molecule has 0 saturated heterocycles. The molecule has 2 aromatic carbocycles. The first-order valence-electron chi connectivity index (χ1n) is 8.28. The molecule has 6 heteroatoms. The van der Waals surface area contributed by atoms with Crippen molar-refractivity contribution in [2.75, 3.05) is 18.9 Å². The van der Waals surface area contributed by atoms with E-state index in [-0.39, 0.29) is 16.6 Å². The maximum atomic E-state index is 14.2. The summed E-state index contributed by atoms with van der Waals surface area (Å²) >= 11 is 5.86. The summed E-state index contributed by atoms with van der Waals surface area (Å²) in [6.45, 7) is 4.45. The Morgan fingerprint density at radius 3 is 2.73 bits per heavy atom. The molecule has 3 rings (SSSR count). The summed E-state index contributed by atoms with van der Waals surface area (Å²) in [5, 5.41) is 4.58. The van der Waals surface area contributed by atoms with Gasteiger partial charge in [-0.15, -0.1) is 0 Å². The van der Waals surface area contributed by atoms with E-state index in [2.05, 4.69) is 10.3 Å². The molecule has 4 nitrogen and oxygen atoms in total. The van der Waals surface area contributed by atoms with E-state index in [1.807, 2.05) is 32.0 Å². The molecule has 0 radical (unpaired) electrons. The number of carbonyl (C=O) groups excluding carboxylic acids is 1. The van der Waals surface area contributed by atoms with Gasteiger partial charge in [0.15, 0.2) is 5.82 Å². The van der Waals surface area contributed by atoms with Crippen LogP contribution in [0.25, 0.3) is 10.8 Å². The van der Waals surface area contributed by atoms with Crippen LogP contribution in [0.15, 0.2) is 42.6 Å². The average molecular weight is 372 g/mol. The molecule has 3 aromatic rings. The Morgan fingerprint density at radius 1 is 1.27 bits per heavy atom. The molecule has 0 aliphatic rings. The fraction of sp³-hybridized carbons (Fsp3) is 0.200. The Morgan fingerprint density at radius 2 is 2.00 bits per heavy atom. The van der Waals surface area contributed by atoms with Crippen molar-refractivity contribution in [2.45, 2.75) is 13.8 Å². The molecule has 0 spiro atoms. The number of nitrogens with one attached hydrogen (secondary N) is 1. The molecule has 0 bridgehead atoms. The number of amides is 1. The predicted octanol–water partition coefficient (Wildman–Crippen LogP) is 5.17. The average Bonchev–Trinajstić information content (AvgIpc) is 2.64. The van der Waals surface area contributed by atoms with Gasteiger partial charge >= 0.3 is 0 Å². The zero-order valence-electron chi connectivity index (χ0n) is 14.8. The maximum absolute atomic E-state index is 14.2. The number of aryl methyl sites for hydroxylation is 1. The molecule has 1 heterocycles. The van der Waals surface area contributed by atoms with E-state index in [1.54, 1.807) is 24.1 Å². The lowest BCUT2D eigenvalue weighted by atomic mass is 10.0. The van der Waals surface area contributed by atoms with E-state index in [9.17, 15) is 9.18 Å². The van der Waals surface area contributed by atoms with E-state index in [0.717, 1.165) is 16.3 Å². The van der Waals surface area contributed by atoms with Crippen LogP contribution in [0.3, 0.4) is 0 Å². The van der Waals surface area contributed by atoms with Gasteiger partial charge in [0, 0.05) is 30.6 Å². The van der Waals surface area contributed by atoms with Crippen molar-refractivity contribution >= 4 is 39.8 Å². The minimum atomic E-state index is -0.539. The first-order chi connectivity index (χ1) is 12.4. The van der Waals surface area contributed by atoms with Gasteiger partial charge in [-0.3, -0.25) is 4.79 Å². The fourth-order valence-electron chi connectivity index (χ4n) is 2.82. The monoisotopic (exact) mass is 371 g/mol. The third-order valence-corrected chi connectivity index (χ3v) is 4.67. The maximum Gasteiger partial charge on any atom is 0.255 e. The zero-order chi connectivity index (χ0) is 18.8. The number of nitrogens with zero attached hydrogens (tertiary/aromatic N) is 2. The lowest BCUT2D eigenvalue weighted by molar-refractivity contribution is 0.0804. The van der Waals surface area contributed by atoms with E-state index in [1.165, 1.54) is 12.3 Å². The third kappa shape index (κ3) is 3.22. The van der Waals surface area contributed by atoms with Crippen molar-refractivity contribution < 1.29 is 9.18 Å². The van der Waals surface area contributed by atoms with E-state index in [4.69, 9.17) is 11.6 Å². The number of hydrogen-bond acceptors (Lipinski definition) is 3. The number of benzene rings is 2.